The number of anilines is 1. The third-order valence-corrected chi connectivity index (χ3v) is 4.12. The summed E-state index contributed by atoms with van der Waals surface area (Å²) in [6.45, 7) is 0.848. The maximum absolute atomic E-state index is 10.6. The number of rotatable bonds is 4. The second kappa shape index (κ2) is 4.05. The van der Waals surface area contributed by atoms with Gasteiger partial charge in [0, 0.05) is 6.54 Å². The number of hydrogen-bond acceptors (Lipinski definition) is 4. The van der Waals surface area contributed by atoms with Crippen LogP contribution in [0.5, 0.6) is 0 Å². The van der Waals surface area contributed by atoms with E-state index < -0.39 is 5.97 Å². The predicted octanol–water partition coefficient (Wildman–Crippen LogP) is 2.22. The Kier molecular flexibility index (Phi) is 2.53. The van der Waals surface area contributed by atoms with Gasteiger partial charge in [-0.3, -0.25) is 0 Å². The summed E-state index contributed by atoms with van der Waals surface area (Å²) in [5.41, 5.74) is -0.0413. The largest absolute Gasteiger partial charge is 0.476 e. The van der Waals surface area contributed by atoms with Crippen molar-refractivity contribution in [3.63, 3.8) is 0 Å². The Morgan fingerprint density at radius 3 is 3.00 bits per heavy atom. The Hall–Kier alpha value is -1.52. The molecule has 5 heteroatoms. The van der Waals surface area contributed by atoms with E-state index in [0.29, 0.717) is 11.9 Å². The van der Waals surface area contributed by atoms with E-state index in [1.54, 1.807) is 0 Å². The van der Waals surface area contributed by atoms with Gasteiger partial charge in [0.15, 0.2) is 5.69 Å². The second-order valence-electron chi connectivity index (χ2n) is 5.16. The third kappa shape index (κ3) is 2.01. The van der Waals surface area contributed by atoms with Gasteiger partial charge in [-0.15, -0.1) is 0 Å². The number of nitrogens with zero attached hydrogens (tertiary/aromatic N) is 1. The predicted molar refractivity (Wildman–Crippen MR) is 60.9 cm³/mol. The van der Waals surface area contributed by atoms with Crippen molar-refractivity contribution in [3.05, 3.63) is 12.0 Å². The molecule has 2 aliphatic carbocycles. The summed E-state index contributed by atoms with van der Waals surface area (Å²) < 4.78 is 5.06. The molecule has 2 N–H and O–H groups in total. The maximum atomic E-state index is 10.6. The topological polar surface area (TPSA) is 75.4 Å². The molecule has 5 nitrogen and oxygen atoms in total. The van der Waals surface area contributed by atoms with Crippen LogP contribution in [-0.2, 0) is 0 Å². The van der Waals surface area contributed by atoms with Crippen molar-refractivity contribution in [2.24, 2.45) is 17.8 Å². The molecule has 3 atom stereocenters. The molecule has 1 heterocycles. The van der Waals surface area contributed by atoms with Crippen molar-refractivity contribution in [2.45, 2.75) is 25.7 Å². The van der Waals surface area contributed by atoms with Gasteiger partial charge in [-0.1, -0.05) is 6.42 Å². The zero-order valence-corrected chi connectivity index (χ0v) is 9.56. The minimum atomic E-state index is -1.05. The molecule has 0 spiro atoms. The van der Waals surface area contributed by atoms with E-state index in [-0.39, 0.29) is 5.69 Å². The Balaban J connectivity index is 1.55. The van der Waals surface area contributed by atoms with E-state index in [1.165, 1.54) is 31.9 Å². The number of carboxylic acids is 1. The van der Waals surface area contributed by atoms with Crippen LogP contribution in [-0.4, -0.2) is 22.6 Å². The van der Waals surface area contributed by atoms with E-state index in [9.17, 15) is 4.79 Å². The van der Waals surface area contributed by atoms with E-state index in [4.69, 9.17) is 9.52 Å². The lowest BCUT2D eigenvalue weighted by Gasteiger charge is -2.21. The molecule has 0 aliphatic heterocycles. The first kappa shape index (κ1) is 10.6. The molecule has 0 amide bonds. The van der Waals surface area contributed by atoms with Gasteiger partial charge < -0.3 is 14.8 Å². The van der Waals surface area contributed by atoms with Gasteiger partial charge in [-0.25, -0.2) is 4.79 Å². The zero-order chi connectivity index (χ0) is 11.8. The fourth-order valence-electron chi connectivity index (χ4n) is 3.30. The highest BCUT2D eigenvalue weighted by molar-refractivity contribution is 5.85. The molecule has 92 valence electrons. The summed E-state index contributed by atoms with van der Waals surface area (Å²) in [5, 5.41) is 11.8. The van der Waals surface area contributed by atoms with Gasteiger partial charge in [0.1, 0.15) is 6.26 Å². The first-order valence-electron chi connectivity index (χ1n) is 6.15. The van der Waals surface area contributed by atoms with Gasteiger partial charge in [0.2, 0.25) is 0 Å². The Morgan fingerprint density at radius 1 is 1.53 bits per heavy atom. The van der Waals surface area contributed by atoms with Gasteiger partial charge in [0.05, 0.1) is 0 Å². The van der Waals surface area contributed by atoms with Crippen LogP contribution < -0.4 is 5.32 Å². The lowest BCUT2D eigenvalue weighted by Crippen LogP contribution is -2.20. The fraction of sp³-hybridized carbons (Fsp3) is 0.667. The molecule has 0 radical (unpaired) electrons. The van der Waals surface area contributed by atoms with Crippen LogP contribution in [0.4, 0.5) is 6.01 Å². The number of hydrogen-bond donors (Lipinski definition) is 2. The first-order valence-corrected chi connectivity index (χ1v) is 6.15. The second-order valence-corrected chi connectivity index (χ2v) is 5.16. The quantitative estimate of drug-likeness (QED) is 0.838. The normalized spacial score (nSPS) is 30.7. The fourth-order valence-corrected chi connectivity index (χ4v) is 3.30. The molecule has 17 heavy (non-hydrogen) atoms. The van der Waals surface area contributed by atoms with Gasteiger partial charge in [0.25, 0.3) is 6.01 Å². The van der Waals surface area contributed by atoms with Crippen molar-refractivity contribution >= 4 is 12.0 Å². The SMILES string of the molecule is O=C(O)c1coc(NCC2CC3CCC2C3)n1. The average Bonchev–Trinajstić information content (AvgIpc) is 3.02. The van der Waals surface area contributed by atoms with Crippen molar-refractivity contribution < 1.29 is 14.3 Å². The Bertz CT molecular complexity index is 429. The van der Waals surface area contributed by atoms with Crippen molar-refractivity contribution in [2.75, 3.05) is 11.9 Å². The van der Waals surface area contributed by atoms with E-state index in [0.717, 1.165) is 18.4 Å². The van der Waals surface area contributed by atoms with Crippen LogP contribution in [0, 0.1) is 17.8 Å². The minimum absolute atomic E-state index is 0.0413. The number of oxazole rings is 1. The molecule has 0 aromatic carbocycles. The van der Waals surface area contributed by atoms with Crippen molar-refractivity contribution in [1.82, 2.24) is 4.98 Å². The summed E-state index contributed by atoms with van der Waals surface area (Å²) in [7, 11) is 0. The van der Waals surface area contributed by atoms with Gasteiger partial charge in [-0.05, 0) is 37.0 Å². The molecule has 2 fully saturated rings. The van der Waals surface area contributed by atoms with Crippen LogP contribution in [0.15, 0.2) is 10.7 Å². The number of aromatic carboxylic acids is 1. The Morgan fingerprint density at radius 2 is 2.41 bits per heavy atom. The summed E-state index contributed by atoms with van der Waals surface area (Å²) in [6.07, 6.45) is 6.58. The molecule has 2 saturated carbocycles. The summed E-state index contributed by atoms with van der Waals surface area (Å²) in [5.74, 6) is 1.42. The monoisotopic (exact) mass is 236 g/mol. The lowest BCUT2D eigenvalue weighted by molar-refractivity contribution is 0.0690. The van der Waals surface area contributed by atoms with Crippen LogP contribution in [0.3, 0.4) is 0 Å². The molecule has 3 unspecified atom stereocenters. The molecular weight excluding hydrogens is 220 g/mol. The number of carbonyl (C=O) groups is 1. The van der Waals surface area contributed by atoms with E-state index >= 15 is 0 Å². The lowest BCUT2D eigenvalue weighted by atomic mass is 9.89. The zero-order valence-electron chi connectivity index (χ0n) is 9.56. The molecule has 0 saturated heterocycles. The van der Waals surface area contributed by atoms with Crippen molar-refractivity contribution in [3.8, 4) is 0 Å². The highest BCUT2D eigenvalue weighted by Gasteiger charge is 2.39. The van der Waals surface area contributed by atoms with Crippen LogP contribution in [0.1, 0.15) is 36.2 Å². The van der Waals surface area contributed by atoms with Gasteiger partial charge in [-0.2, -0.15) is 4.98 Å². The summed E-state index contributed by atoms with van der Waals surface area (Å²) in [4.78, 5) is 14.5. The molecular formula is C12H16N2O3. The third-order valence-electron chi connectivity index (χ3n) is 4.12. The minimum Gasteiger partial charge on any atom is -0.476 e. The molecule has 1 aromatic rings. The number of fused-ring (bicyclic) bond motifs is 2. The molecule has 3 rings (SSSR count). The summed E-state index contributed by atoms with van der Waals surface area (Å²) >= 11 is 0. The standard InChI is InChI=1S/C12H16N2O3/c15-11(16)10-6-17-12(14-10)13-5-9-4-7-1-2-8(9)3-7/h6-9H,1-5H2,(H,13,14)(H,15,16). The average molecular weight is 236 g/mol. The highest BCUT2D eigenvalue weighted by Crippen LogP contribution is 2.48. The van der Waals surface area contributed by atoms with E-state index in [2.05, 4.69) is 10.3 Å². The molecule has 2 aliphatic rings. The molecule has 2 bridgehead atoms. The number of aromatic nitrogens is 1. The van der Waals surface area contributed by atoms with Crippen LogP contribution >= 0.6 is 0 Å². The summed E-state index contributed by atoms with van der Waals surface area (Å²) in [6, 6.07) is 0.324. The number of carboxylic acid groups (broad SMARTS) is 1. The van der Waals surface area contributed by atoms with E-state index in [1.807, 2.05) is 0 Å². The maximum Gasteiger partial charge on any atom is 0.357 e. The Labute approximate surface area is 99.2 Å². The smallest absolute Gasteiger partial charge is 0.357 e. The molecule has 1 aromatic heterocycles. The van der Waals surface area contributed by atoms with Crippen LogP contribution in [0.2, 0.25) is 0 Å². The highest BCUT2D eigenvalue weighted by atomic mass is 16.4. The first-order chi connectivity index (χ1) is 8.22. The number of nitrogens with one attached hydrogen (secondary N) is 1. The van der Waals surface area contributed by atoms with Crippen molar-refractivity contribution in [1.29, 1.82) is 0 Å². The van der Waals surface area contributed by atoms with Gasteiger partial charge >= 0.3 is 5.97 Å². The van der Waals surface area contributed by atoms with Crippen LogP contribution in [0.25, 0.3) is 0 Å².